The fraction of sp³-hybridized carbons (Fsp3) is 0.167. The Morgan fingerprint density at radius 2 is 2.22 bits per heavy atom. The number of benzene rings is 1. The van der Waals surface area contributed by atoms with Gasteiger partial charge in [-0.2, -0.15) is 0 Å². The van der Waals surface area contributed by atoms with Gasteiger partial charge in [-0.25, -0.2) is 18.6 Å². The van der Waals surface area contributed by atoms with Crippen LogP contribution in [-0.2, 0) is 4.74 Å². The average Bonchev–Trinajstić information content (AvgIpc) is 2.82. The highest BCUT2D eigenvalue weighted by molar-refractivity contribution is 5.86. The molecule has 2 rings (SSSR count). The first kappa shape index (κ1) is 12.2. The Labute approximate surface area is 101 Å². The van der Waals surface area contributed by atoms with E-state index in [2.05, 4.69) is 4.98 Å². The summed E-state index contributed by atoms with van der Waals surface area (Å²) in [6.07, 6.45) is 1.11. The number of aromatic nitrogens is 1. The lowest BCUT2D eigenvalue weighted by molar-refractivity contribution is 0.0491. The molecule has 0 aliphatic carbocycles. The van der Waals surface area contributed by atoms with Crippen LogP contribution in [0.4, 0.5) is 8.78 Å². The highest BCUT2D eigenvalue weighted by Gasteiger charge is 2.17. The van der Waals surface area contributed by atoms with Crippen LogP contribution in [0.5, 0.6) is 0 Å². The molecule has 0 spiro atoms. The number of halogens is 2. The van der Waals surface area contributed by atoms with Crippen LogP contribution in [0.25, 0.3) is 11.5 Å². The summed E-state index contributed by atoms with van der Waals surface area (Å²) in [7, 11) is 0. The third-order valence-corrected chi connectivity index (χ3v) is 2.14. The van der Waals surface area contributed by atoms with Crippen LogP contribution in [0.15, 0.2) is 28.8 Å². The van der Waals surface area contributed by atoms with Crippen LogP contribution in [0.2, 0.25) is 0 Å². The lowest BCUT2D eigenvalue weighted by Gasteiger charge is -1.98. The van der Waals surface area contributed by atoms with Crippen molar-refractivity contribution in [1.29, 1.82) is 0 Å². The SMILES string of the molecule is CCOC(=O)c1cnc(-c2cc(F)ccc2F)o1. The third kappa shape index (κ3) is 2.37. The second-order valence-electron chi connectivity index (χ2n) is 3.37. The summed E-state index contributed by atoms with van der Waals surface area (Å²) in [4.78, 5) is 15.0. The van der Waals surface area contributed by atoms with Gasteiger partial charge in [0.1, 0.15) is 11.6 Å². The molecule has 1 aromatic carbocycles. The van der Waals surface area contributed by atoms with Gasteiger partial charge >= 0.3 is 5.97 Å². The van der Waals surface area contributed by atoms with Crippen molar-refractivity contribution in [1.82, 2.24) is 4.98 Å². The molecule has 0 bridgehead atoms. The zero-order valence-corrected chi connectivity index (χ0v) is 9.44. The van der Waals surface area contributed by atoms with Gasteiger partial charge in [-0.15, -0.1) is 0 Å². The molecule has 0 amide bonds. The quantitative estimate of drug-likeness (QED) is 0.789. The molecule has 1 aromatic heterocycles. The molecule has 6 heteroatoms. The first-order valence-corrected chi connectivity index (χ1v) is 5.20. The smallest absolute Gasteiger partial charge is 0.375 e. The predicted molar refractivity (Wildman–Crippen MR) is 57.8 cm³/mol. The zero-order chi connectivity index (χ0) is 13.1. The topological polar surface area (TPSA) is 52.3 Å². The van der Waals surface area contributed by atoms with Gasteiger partial charge in [-0.3, -0.25) is 0 Å². The van der Waals surface area contributed by atoms with Crippen molar-refractivity contribution in [2.24, 2.45) is 0 Å². The molecule has 18 heavy (non-hydrogen) atoms. The van der Waals surface area contributed by atoms with Gasteiger partial charge in [0.2, 0.25) is 11.7 Å². The van der Waals surface area contributed by atoms with Gasteiger partial charge in [-0.05, 0) is 25.1 Å². The van der Waals surface area contributed by atoms with Crippen molar-refractivity contribution < 1.29 is 22.7 Å². The molecular formula is C12H9F2NO3. The average molecular weight is 253 g/mol. The van der Waals surface area contributed by atoms with E-state index in [0.717, 1.165) is 24.4 Å². The largest absolute Gasteiger partial charge is 0.460 e. The molecule has 1 heterocycles. The Morgan fingerprint density at radius 1 is 1.44 bits per heavy atom. The van der Waals surface area contributed by atoms with Crippen molar-refractivity contribution in [2.45, 2.75) is 6.92 Å². The summed E-state index contributed by atoms with van der Waals surface area (Å²) >= 11 is 0. The maximum Gasteiger partial charge on any atom is 0.375 e. The molecular weight excluding hydrogens is 244 g/mol. The maximum absolute atomic E-state index is 13.4. The van der Waals surface area contributed by atoms with Gasteiger partial charge in [0, 0.05) is 0 Å². The molecule has 0 aliphatic heterocycles. The van der Waals surface area contributed by atoms with Gasteiger partial charge in [0.15, 0.2) is 0 Å². The maximum atomic E-state index is 13.4. The standard InChI is InChI=1S/C12H9F2NO3/c1-2-17-12(16)10-6-15-11(18-10)8-5-7(13)3-4-9(8)14/h3-6H,2H2,1H3. The number of esters is 1. The molecule has 0 fully saturated rings. The number of ether oxygens (including phenoxy) is 1. The Bertz CT molecular complexity index is 580. The molecule has 4 nitrogen and oxygen atoms in total. The minimum absolute atomic E-state index is 0.148. The van der Waals surface area contributed by atoms with Gasteiger partial charge in [0.05, 0.1) is 18.4 Å². The van der Waals surface area contributed by atoms with Crippen LogP contribution >= 0.6 is 0 Å². The van der Waals surface area contributed by atoms with E-state index in [4.69, 9.17) is 9.15 Å². The van der Waals surface area contributed by atoms with Crippen LogP contribution in [0, 0.1) is 11.6 Å². The molecule has 0 atom stereocenters. The lowest BCUT2D eigenvalue weighted by Crippen LogP contribution is -2.02. The zero-order valence-electron chi connectivity index (χ0n) is 9.44. The van der Waals surface area contributed by atoms with Crippen molar-refractivity contribution in [3.05, 3.63) is 41.8 Å². The highest BCUT2D eigenvalue weighted by atomic mass is 19.1. The van der Waals surface area contributed by atoms with E-state index in [1.165, 1.54) is 0 Å². The van der Waals surface area contributed by atoms with Crippen LogP contribution in [0.3, 0.4) is 0 Å². The number of nitrogens with zero attached hydrogens (tertiary/aromatic N) is 1. The number of carbonyl (C=O) groups is 1. The Hall–Kier alpha value is -2.24. The number of hydrogen-bond acceptors (Lipinski definition) is 4. The Balaban J connectivity index is 2.35. The van der Waals surface area contributed by atoms with E-state index in [9.17, 15) is 13.6 Å². The first-order valence-electron chi connectivity index (χ1n) is 5.20. The normalized spacial score (nSPS) is 10.4. The number of hydrogen-bond donors (Lipinski definition) is 0. The monoisotopic (exact) mass is 253 g/mol. The van der Waals surface area contributed by atoms with Gasteiger partial charge in [-0.1, -0.05) is 0 Å². The molecule has 0 aliphatic rings. The molecule has 0 N–H and O–H groups in total. The number of carbonyl (C=O) groups excluding carboxylic acids is 1. The van der Waals surface area contributed by atoms with E-state index in [1.54, 1.807) is 6.92 Å². The van der Waals surface area contributed by atoms with E-state index in [0.29, 0.717) is 0 Å². The fourth-order valence-corrected chi connectivity index (χ4v) is 1.36. The molecule has 2 aromatic rings. The van der Waals surface area contributed by atoms with Crippen molar-refractivity contribution in [3.8, 4) is 11.5 Å². The summed E-state index contributed by atoms with van der Waals surface area (Å²) in [5.41, 5.74) is -0.148. The van der Waals surface area contributed by atoms with Crippen molar-refractivity contribution in [2.75, 3.05) is 6.61 Å². The second-order valence-corrected chi connectivity index (χ2v) is 3.37. The van der Waals surface area contributed by atoms with Gasteiger partial charge in [0.25, 0.3) is 0 Å². The second kappa shape index (κ2) is 4.95. The minimum atomic E-state index is -0.701. The van der Waals surface area contributed by atoms with Gasteiger partial charge < -0.3 is 9.15 Å². The minimum Gasteiger partial charge on any atom is -0.460 e. The van der Waals surface area contributed by atoms with Crippen molar-refractivity contribution in [3.63, 3.8) is 0 Å². The lowest BCUT2D eigenvalue weighted by atomic mass is 10.2. The molecule has 0 unspecified atom stereocenters. The molecule has 0 radical (unpaired) electrons. The number of oxazole rings is 1. The molecule has 0 saturated heterocycles. The summed E-state index contributed by atoms with van der Waals surface area (Å²) < 4.78 is 36.1. The summed E-state index contributed by atoms with van der Waals surface area (Å²) in [5, 5.41) is 0. The van der Waals surface area contributed by atoms with Crippen LogP contribution in [-0.4, -0.2) is 17.6 Å². The number of rotatable bonds is 3. The van der Waals surface area contributed by atoms with E-state index < -0.39 is 17.6 Å². The Morgan fingerprint density at radius 3 is 2.94 bits per heavy atom. The van der Waals surface area contributed by atoms with E-state index in [1.807, 2.05) is 0 Å². The molecule has 94 valence electrons. The Kier molecular flexibility index (Phi) is 3.36. The third-order valence-electron chi connectivity index (χ3n) is 2.14. The highest BCUT2D eigenvalue weighted by Crippen LogP contribution is 2.23. The first-order chi connectivity index (χ1) is 8.61. The fourth-order valence-electron chi connectivity index (χ4n) is 1.36. The van der Waals surface area contributed by atoms with Crippen LogP contribution in [0.1, 0.15) is 17.5 Å². The summed E-state index contributed by atoms with van der Waals surface area (Å²) in [6, 6.07) is 2.88. The molecule has 0 saturated carbocycles. The van der Waals surface area contributed by atoms with E-state index in [-0.39, 0.29) is 23.8 Å². The summed E-state index contributed by atoms with van der Waals surface area (Å²) in [6.45, 7) is 1.82. The summed E-state index contributed by atoms with van der Waals surface area (Å²) in [5.74, 6) is -2.34. The van der Waals surface area contributed by atoms with Crippen molar-refractivity contribution >= 4 is 5.97 Å². The van der Waals surface area contributed by atoms with Crippen LogP contribution < -0.4 is 0 Å². The predicted octanol–water partition coefficient (Wildman–Crippen LogP) is 2.80. The van der Waals surface area contributed by atoms with E-state index >= 15 is 0 Å².